The quantitative estimate of drug-likeness (QED) is 0.260. The molecule has 186 valence electrons. The minimum absolute atomic E-state index is 0.0372. The van der Waals surface area contributed by atoms with Gasteiger partial charge < -0.3 is 14.8 Å². The second-order valence-electron chi connectivity index (χ2n) is 10.4. The van der Waals surface area contributed by atoms with E-state index in [0.717, 1.165) is 32.0 Å². The van der Waals surface area contributed by atoms with Gasteiger partial charge in [0.05, 0.1) is 0 Å². The molecule has 0 saturated heterocycles. The highest BCUT2D eigenvalue weighted by molar-refractivity contribution is 5.85. The van der Waals surface area contributed by atoms with Gasteiger partial charge in [0.1, 0.15) is 12.9 Å². The SMILES string of the molecule is O=C[C@H]1C[C@H]1C[C@@H](CCc1cccc2ccccc12)NC(=O)OCC1c2ccccc2-c2ccccc21. The van der Waals surface area contributed by atoms with Crippen molar-refractivity contribution in [3.63, 3.8) is 0 Å². The highest BCUT2D eigenvalue weighted by Crippen LogP contribution is 2.44. The first kappa shape index (κ1) is 23.5. The van der Waals surface area contributed by atoms with Gasteiger partial charge in [-0.1, -0.05) is 91.0 Å². The number of fused-ring (bicyclic) bond motifs is 4. The van der Waals surface area contributed by atoms with E-state index in [9.17, 15) is 9.59 Å². The fourth-order valence-electron chi connectivity index (χ4n) is 5.97. The zero-order valence-electron chi connectivity index (χ0n) is 20.8. The molecule has 0 radical (unpaired) electrons. The average molecular weight is 490 g/mol. The summed E-state index contributed by atoms with van der Waals surface area (Å²) in [5.41, 5.74) is 6.12. The number of aryl methyl sites for hydroxylation is 1. The lowest BCUT2D eigenvalue weighted by Gasteiger charge is -2.20. The summed E-state index contributed by atoms with van der Waals surface area (Å²) >= 11 is 0. The molecule has 1 amide bonds. The van der Waals surface area contributed by atoms with Crippen LogP contribution in [0.15, 0.2) is 91.0 Å². The van der Waals surface area contributed by atoms with E-state index >= 15 is 0 Å². The normalized spacial score (nSPS) is 18.6. The number of nitrogens with one attached hydrogen (secondary N) is 1. The van der Waals surface area contributed by atoms with E-state index in [0.29, 0.717) is 12.5 Å². The van der Waals surface area contributed by atoms with Crippen molar-refractivity contribution >= 4 is 23.2 Å². The fourth-order valence-corrected chi connectivity index (χ4v) is 5.97. The number of aldehydes is 1. The molecular formula is C33H31NO3. The second kappa shape index (κ2) is 10.2. The number of rotatable bonds is 9. The van der Waals surface area contributed by atoms with Gasteiger partial charge in [0, 0.05) is 17.9 Å². The topological polar surface area (TPSA) is 55.4 Å². The Morgan fingerprint density at radius 2 is 1.57 bits per heavy atom. The van der Waals surface area contributed by atoms with E-state index in [1.807, 2.05) is 12.1 Å². The van der Waals surface area contributed by atoms with Crippen LogP contribution in [-0.2, 0) is 16.0 Å². The first-order valence-electron chi connectivity index (χ1n) is 13.2. The molecule has 37 heavy (non-hydrogen) atoms. The number of carbonyl (C=O) groups excluding carboxylic acids is 2. The number of carbonyl (C=O) groups is 2. The summed E-state index contributed by atoms with van der Waals surface area (Å²) < 4.78 is 5.83. The molecule has 4 nitrogen and oxygen atoms in total. The molecule has 0 bridgehead atoms. The van der Waals surface area contributed by atoms with Crippen molar-refractivity contribution in [2.24, 2.45) is 11.8 Å². The lowest BCUT2D eigenvalue weighted by molar-refractivity contribution is -0.109. The van der Waals surface area contributed by atoms with Crippen LogP contribution in [0.5, 0.6) is 0 Å². The summed E-state index contributed by atoms with van der Waals surface area (Å²) in [6.45, 7) is 0.302. The van der Waals surface area contributed by atoms with Crippen molar-refractivity contribution in [2.45, 2.75) is 37.6 Å². The lowest BCUT2D eigenvalue weighted by atomic mass is 9.96. The Labute approximate surface area is 217 Å². The van der Waals surface area contributed by atoms with Gasteiger partial charge in [0.25, 0.3) is 0 Å². The van der Waals surface area contributed by atoms with Crippen LogP contribution in [0.3, 0.4) is 0 Å². The second-order valence-corrected chi connectivity index (χ2v) is 10.4. The van der Waals surface area contributed by atoms with Gasteiger partial charge in [-0.2, -0.15) is 0 Å². The van der Waals surface area contributed by atoms with E-state index in [1.165, 1.54) is 38.6 Å². The van der Waals surface area contributed by atoms with E-state index in [1.54, 1.807) is 0 Å². The maximum absolute atomic E-state index is 13.0. The van der Waals surface area contributed by atoms with Gasteiger partial charge in [-0.15, -0.1) is 0 Å². The first-order valence-corrected chi connectivity index (χ1v) is 13.2. The molecule has 3 atom stereocenters. The molecule has 0 aromatic heterocycles. The van der Waals surface area contributed by atoms with Crippen molar-refractivity contribution in [3.8, 4) is 11.1 Å². The number of hydrogen-bond acceptors (Lipinski definition) is 3. The summed E-state index contributed by atoms with van der Waals surface area (Å²) in [4.78, 5) is 24.3. The number of amides is 1. The van der Waals surface area contributed by atoms with Crippen molar-refractivity contribution in [3.05, 3.63) is 108 Å². The maximum atomic E-state index is 13.0. The fraction of sp³-hybridized carbons (Fsp3) is 0.273. The summed E-state index contributed by atoms with van der Waals surface area (Å²) in [7, 11) is 0. The van der Waals surface area contributed by atoms with Gasteiger partial charge in [-0.3, -0.25) is 0 Å². The summed E-state index contributed by atoms with van der Waals surface area (Å²) in [6, 6.07) is 31.5. The highest BCUT2D eigenvalue weighted by Gasteiger charge is 2.38. The van der Waals surface area contributed by atoms with E-state index in [4.69, 9.17) is 4.74 Å². The van der Waals surface area contributed by atoms with Crippen molar-refractivity contribution < 1.29 is 14.3 Å². The molecule has 6 rings (SSSR count). The monoisotopic (exact) mass is 489 g/mol. The Morgan fingerprint density at radius 3 is 2.30 bits per heavy atom. The number of benzene rings is 4. The summed E-state index contributed by atoms with van der Waals surface area (Å²) in [6.07, 6.45) is 4.06. The predicted molar refractivity (Wildman–Crippen MR) is 147 cm³/mol. The van der Waals surface area contributed by atoms with Crippen LogP contribution in [-0.4, -0.2) is 25.0 Å². The van der Waals surface area contributed by atoms with E-state index in [-0.39, 0.29) is 24.0 Å². The zero-order valence-corrected chi connectivity index (χ0v) is 20.8. The lowest BCUT2D eigenvalue weighted by Crippen LogP contribution is -2.37. The number of ether oxygens (including phenoxy) is 1. The van der Waals surface area contributed by atoms with Crippen LogP contribution in [0.1, 0.15) is 41.9 Å². The van der Waals surface area contributed by atoms with E-state index in [2.05, 4.69) is 84.2 Å². The Balaban J connectivity index is 1.13. The number of alkyl carbamates (subject to hydrolysis) is 1. The van der Waals surface area contributed by atoms with Crippen molar-refractivity contribution in [2.75, 3.05) is 6.61 Å². The van der Waals surface area contributed by atoms with Crippen LogP contribution >= 0.6 is 0 Å². The molecule has 2 aliphatic carbocycles. The minimum Gasteiger partial charge on any atom is -0.449 e. The highest BCUT2D eigenvalue weighted by atomic mass is 16.5. The number of hydrogen-bond donors (Lipinski definition) is 1. The standard InChI is InChI=1S/C33H31NO3/c35-20-25-18-24(25)19-26(17-16-23-10-7-9-22-8-1-2-11-27(22)23)34-33(36)37-21-32-30-14-5-3-12-28(30)29-13-4-6-15-31(29)32/h1-15,20,24-26,32H,16-19,21H2,(H,34,36)/t24-,25+,26+/m0/s1. The van der Waals surface area contributed by atoms with Crippen molar-refractivity contribution in [1.82, 2.24) is 5.32 Å². The minimum atomic E-state index is -0.381. The van der Waals surface area contributed by atoms with Crippen LogP contribution in [0, 0.1) is 11.8 Å². The van der Waals surface area contributed by atoms with Crippen LogP contribution in [0.2, 0.25) is 0 Å². The Morgan fingerprint density at radius 1 is 0.892 bits per heavy atom. The van der Waals surface area contributed by atoms with E-state index < -0.39 is 0 Å². The molecule has 1 saturated carbocycles. The third-order valence-corrected chi connectivity index (χ3v) is 8.05. The van der Waals surface area contributed by atoms with Crippen LogP contribution in [0.25, 0.3) is 21.9 Å². The van der Waals surface area contributed by atoms with Crippen LogP contribution in [0.4, 0.5) is 4.79 Å². The molecule has 4 heteroatoms. The molecule has 4 aromatic rings. The molecule has 0 aliphatic heterocycles. The Kier molecular flexibility index (Phi) is 6.48. The summed E-state index contributed by atoms with van der Waals surface area (Å²) in [5, 5.41) is 5.62. The predicted octanol–water partition coefficient (Wildman–Crippen LogP) is 6.90. The van der Waals surface area contributed by atoms with Gasteiger partial charge in [0.2, 0.25) is 0 Å². The smallest absolute Gasteiger partial charge is 0.407 e. The van der Waals surface area contributed by atoms with Crippen molar-refractivity contribution in [1.29, 1.82) is 0 Å². The molecule has 0 spiro atoms. The Bertz CT molecular complexity index is 1390. The van der Waals surface area contributed by atoms with Gasteiger partial charge in [0.15, 0.2) is 0 Å². The summed E-state index contributed by atoms with van der Waals surface area (Å²) in [5.74, 6) is 0.517. The molecule has 0 unspecified atom stereocenters. The largest absolute Gasteiger partial charge is 0.449 e. The zero-order chi connectivity index (χ0) is 25.2. The average Bonchev–Trinajstić information content (AvgIpc) is 3.62. The van der Waals surface area contributed by atoms with Gasteiger partial charge >= 0.3 is 6.09 Å². The van der Waals surface area contributed by atoms with Gasteiger partial charge in [-0.05, 0) is 70.2 Å². The third-order valence-electron chi connectivity index (χ3n) is 8.05. The van der Waals surface area contributed by atoms with Gasteiger partial charge in [-0.25, -0.2) is 4.79 Å². The molecule has 1 N–H and O–H groups in total. The maximum Gasteiger partial charge on any atom is 0.407 e. The molecular weight excluding hydrogens is 458 g/mol. The van der Waals surface area contributed by atoms with Crippen LogP contribution < -0.4 is 5.32 Å². The first-order chi connectivity index (χ1) is 18.2. The molecule has 0 heterocycles. The third kappa shape index (κ3) is 4.89. The molecule has 4 aromatic carbocycles. The molecule has 1 fully saturated rings. The molecule has 2 aliphatic rings. The Hall–Kier alpha value is -3.92.